The lowest BCUT2D eigenvalue weighted by atomic mass is 10.2. The summed E-state index contributed by atoms with van der Waals surface area (Å²) in [6, 6.07) is 10.3. The summed E-state index contributed by atoms with van der Waals surface area (Å²) in [6.45, 7) is 6.17. The second-order valence-electron chi connectivity index (χ2n) is 6.24. The molecule has 0 spiro atoms. The average Bonchev–Trinajstić information content (AvgIpc) is 3.01. The molecule has 5 nitrogen and oxygen atoms in total. The Morgan fingerprint density at radius 3 is 3.04 bits per heavy atom. The largest absolute Gasteiger partial charge is 0.310 e. The molecule has 1 aliphatic rings. The SMILES string of the molecule is C[C@H](Cn1cccn1)NCC(=O)N1CC[C@H](C)Sc2ccccc21. The van der Waals surface area contributed by atoms with Crippen molar-refractivity contribution in [3.63, 3.8) is 0 Å². The van der Waals surface area contributed by atoms with Gasteiger partial charge in [0.15, 0.2) is 0 Å². The summed E-state index contributed by atoms with van der Waals surface area (Å²) in [6.07, 6.45) is 4.71. The molecule has 6 heteroatoms. The fourth-order valence-electron chi connectivity index (χ4n) is 2.86. The van der Waals surface area contributed by atoms with Crippen LogP contribution in [0.4, 0.5) is 5.69 Å². The molecule has 0 unspecified atom stereocenters. The molecular formula is C18H24N4OS. The van der Waals surface area contributed by atoms with Crippen molar-refractivity contribution in [1.82, 2.24) is 15.1 Å². The molecule has 1 aromatic heterocycles. The van der Waals surface area contributed by atoms with E-state index in [1.54, 1.807) is 6.20 Å². The summed E-state index contributed by atoms with van der Waals surface area (Å²) in [7, 11) is 0. The van der Waals surface area contributed by atoms with Crippen LogP contribution in [0.25, 0.3) is 0 Å². The maximum absolute atomic E-state index is 12.8. The third-order valence-electron chi connectivity index (χ3n) is 4.17. The molecule has 0 bridgehead atoms. The zero-order valence-electron chi connectivity index (χ0n) is 14.2. The number of carbonyl (C=O) groups is 1. The number of nitrogens with zero attached hydrogens (tertiary/aromatic N) is 3. The fourth-order valence-corrected chi connectivity index (χ4v) is 3.97. The van der Waals surface area contributed by atoms with Crippen LogP contribution >= 0.6 is 11.8 Å². The second-order valence-corrected chi connectivity index (χ2v) is 7.72. The molecule has 0 fully saturated rings. The van der Waals surface area contributed by atoms with Gasteiger partial charge in [-0.2, -0.15) is 5.10 Å². The van der Waals surface area contributed by atoms with E-state index in [4.69, 9.17) is 0 Å². The second kappa shape index (κ2) is 7.85. The van der Waals surface area contributed by atoms with Crippen LogP contribution in [0.2, 0.25) is 0 Å². The minimum atomic E-state index is 0.129. The Labute approximate surface area is 147 Å². The van der Waals surface area contributed by atoms with Gasteiger partial charge in [0.1, 0.15) is 0 Å². The molecule has 1 aromatic carbocycles. The van der Waals surface area contributed by atoms with Gasteiger partial charge in [0, 0.05) is 35.1 Å². The number of aromatic nitrogens is 2. The maximum Gasteiger partial charge on any atom is 0.240 e. The van der Waals surface area contributed by atoms with E-state index in [0.29, 0.717) is 11.8 Å². The van der Waals surface area contributed by atoms with Crippen molar-refractivity contribution in [2.45, 2.75) is 43.0 Å². The Morgan fingerprint density at radius 1 is 1.42 bits per heavy atom. The highest BCUT2D eigenvalue weighted by Gasteiger charge is 2.24. The molecule has 3 rings (SSSR count). The molecule has 2 aromatic rings. The third kappa shape index (κ3) is 4.19. The normalized spacial score (nSPS) is 18.8. The van der Waals surface area contributed by atoms with E-state index in [1.165, 1.54) is 4.90 Å². The predicted octanol–water partition coefficient (Wildman–Crippen LogP) is 2.78. The monoisotopic (exact) mass is 344 g/mol. The van der Waals surface area contributed by atoms with Crippen LogP contribution in [0.1, 0.15) is 20.3 Å². The van der Waals surface area contributed by atoms with Gasteiger partial charge in [-0.1, -0.05) is 19.1 Å². The molecule has 2 atom stereocenters. The summed E-state index contributed by atoms with van der Waals surface area (Å²) in [5.74, 6) is 0.129. The number of thioether (sulfide) groups is 1. The summed E-state index contributed by atoms with van der Waals surface area (Å²) in [5.41, 5.74) is 1.04. The highest BCUT2D eigenvalue weighted by molar-refractivity contribution is 8.00. The smallest absolute Gasteiger partial charge is 0.240 e. The lowest BCUT2D eigenvalue weighted by Gasteiger charge is -2.24. The Morgan fingerprint density at radius 2 is 2.25 bits per heavy atom. The van der Waals surface area contributed by atoms with Crippen molar-refractivity contribution in [3.05, 3.63) is 42.7 Å². The maximum atomic E-state index is 12.8. The number of benzene rings is 1. The number of anilines is 1. The zero-order valence-corrected chi connectivity index (χ0v) is 15.0. The van der Waals surface area contributed by atoms with E-state index in [-0.39, 0.29) is 11.9 Å². The van der Waals surface area contributed by atoms with E-state index in [2.05, 4.69) is 30.3 Å². The minimum absolute atomic E-state index is 0.129. The molecule has 1 aliphatic heterocycles. The van der Waals surface area contributed by atoms with Crippen LogP contribution in [0, 0.1) is 0 Å². The Hall–Kier alpha value is -1.79. The first-order valence-corrected chi connectivity index (χ1v) is 9.28. The zero-order chi connectivity index (χ0) is 16.9. The van der Waals surface area contributed by atoms with Gasteiger partial charge in [0.25, 0.3) is 0 Å². The van der Waals surface area contributed by atoms with Crippen molar-refractivity contribution < 1.29 is 4.79 Å². The topological polar surface area (TPSA) is 50.2 Å². The number of rotatable bonds is 5. The van der Waals surface area contributed by atoms with Crippen molar-refractivity contribution in [2.75, 3.05) is 18.0 Å². The van der Waals surface area contributed by atoms with E-state index in [9.17, 15) is 4.79 Å². The Balaban J connectivity index is 1.62. The number of carbonyl (C=O) groups excluding carboxylic acids is 1. The van der Waals surface area contributed by atoms with E-state index in [1.807, 2.05) is 51.8 Å². The quantitative estimate of drug-likeness (QED) is 0.906. The number of hydrogen-bond donors (Lipinski definition) is 1. The molecule has 0 aliphatic carbocycles. The van der Waals surface area contributed by atoms with Crippen LogP contribution in [0.5, 0.6) is 0 Å². The van der Waals surface area contributed by atoms with Crippen LogP contribution < -0.4 is 10.2 Å². The number of para-hydroxylation sites is 1. The number of nitrogens with one attached hydrogen (secondary N) is 1. The predicted molar refractivity (Wildman–Crippen MR) is 98.4 cm³/mol. The van der Waals surface area contributed by atoms with Crippen LogP contribution in [0.15, 0.2) is 47.6 Å². The summed E-state index contributed by atoms with van der Waals surface area (Å²) in [4.78, 5) is 15.9. The molecule has 0 saturated heterocycles. The summed E-state index contributed by atoms with van der Waals surface area (Å²) >= 11 is 1.86. The van der Waals surface area contributed by atoms with Gasteiger partial charge in [0.2, 0.25) is 5.91 Å². The minimum Gasteiger partial charge on any atom is -0.310 e. The van der Waals surface area contributed by atoms with E-state index >= 15 is 0 Å². The van der Waals surface area contributed by atoms with Gasteiger partial charge in [-0.05, 0) is 31.5 Å². The molecule has 2 heterocycles. The van der Waals surface area contributed by atoms with Crippen molar-refractivity contribution in [2.24, 2.45) is 0 Å². The lowest BCUT2D eigenvalue weighted by Crippen LogP contribution is -2.42. The molecular weight excluding hydrogens is 320 g/mol. The van der Waals surface area contributed by atoms with Gasteiger partial charge in [-0.15, -0.1) is 11.8 Å². The Bertz CT molecular complexity index is 673. The standard InChI is InChI=1S/C18H24N4OS/c1-14(13-21-10-5-9-20-21)19-12-18(23)22-11-8-15(2)24-17-7-4-3-6-16(17)22/h3-7,9-10,14-15,19H,8,11-13H2,1-2H3/t14-,15+/m1/s1. The van der Waals surface area contributed by atoms with Gasteiger partial charge in [0.05, 0.1) is 18.8 Å². The van der Waals surface area contributed by atoms with Crippen molar-refractivity contribution in [3.8, 4) is 0 Å². The number of fused-ring (bicyclic) bond motifs is 1. The van der Waals surface area contributed by atoms with E-state index < -0.39 is 0 Å². The summed E-state index contributed by atoms with van der Waals surface area (Å²) < 4.78 is 1.88. The van der Waals surface area contributed by atoms with Gasteiger partial charge in [-0.3, -0.25) is 9.48 Å². The first-order valence-electron chi connectivity index (χ1n) is 8.40. The van der Waals surface area contributed by atoms with Crippen LogP contribution in [-0.4, -0.2) is 40.1 Å². The molecule has 24 heavy (non-hydrogen) atoms. The first-order chi connectivity index (χ1) is 11.6. The number of amides is 1. The highest BCUT2D eigenvalue weighted by atomic mass is 32.2. The lowest BCUT2D eigenvalue weighted by molar-refractivity contribution is -0.118. The fraction of sp³-hybridized carbons (Fsp3) is 0.444. The third-order valence-corrected chi connectivity index (χ3v) is 5.40. The van der Waals surface area contributed by atoms with Crippen LogP contribution in [0.3, 0.4) is 0 Å². The first kappa shape index (κ1) is 17.0. The van der Waals surface area contributed by atoms with Gasteiger partial charge >= 0.3 is 0 Å². The van der Waals surface area contributed by atoms with E-state index in [0.717, 1.165) is 25.2 Å². The Kier molecular flexibility index (Phi) is 5.58. The molecule has 0 saturated carbocycles. The molecule has 0 radical (unpaired) electrons. The molecule has 1 amide bonds. The highest BCUT2D eigenvalue weighted by Crippen LogP contribution is 2.37. The van der Waals surface area contributed by atoms with Gasteiger partial charge in [-0.25, -0.2) is 0 Å². The van der Waals surface area contributed by atoms with Gasteiger partial charge < -0.3 is 10.2 Å². The van der Waals surface area contributed by atoms with Crippen LogP contribution in [-0.2, 0) is 11.3 Å². The summed E-state index contributed by atoms with van der Waals surface area (Å²) in [5, 5.41) is 8.05. The number of hydrogen-bond acceptors (Lipinski definition) is 4. The molecule has 1 N–H and O–H groups in total. The van der Waals surface area contributed by atoms with Crippen molar-refractivity contribution in [1.29, 1.82) is 0 Å². The molecule has 128 valence electrons. The van der Waals surface area contributed by atoms with Crippen molar-refractivity contribution >= 4 is 23.4 Å². The average molecular weight is 344 g/mol.